The third kappa shape index (κ3) is 5.98. The van der Waals surface area contributed by atoms with Crippen LogP contribution in [0.4, 0.5) is 0 Å². The number of benzene rings is 1. The normalized spacial score (nSPS) is 12.4. The average molecular weight is 261 g/mol. The second-order valence-electron chi connectivity index (χ2n) is 5.59. The fourth-order valence-corrected chi connectivity index (χ4v) is 1.65. The van der Waals surface area contributed by atoms with Gasteiger partial charge in [-0.2, -0.15) is 4.99 Å². The van der Waals surface area contributed by atoms with Crippen molar-refractivity contribution in [1.82, 2.24) is 0 Å². The zero-order chi connectivity index (χ0) is 14.3. The molecule has 0 bridgehead atoms. The predicted molar refractivity (Wildman–Crippen MR) is 72.2 cm³/mol. The van der Waals surface area contributed by atoms with Crippen LogP contribution in [0.2, 0.25) is 0 Å². The van der Waals surface area contributed by atoms with Crippen molar-refractivity contribution < 1.29 is 14.3 Å². The highest BCUT2D eigenvalue weighted by Gasteiger charge is 2.25. The number of rotatable bonds is 5. The maximum Gasteiger partial charge on any atom is 0.332 e. The monoisotopic (exact) mass is 261 g/mol. The van der Waals surface area contributed by atoms with Gasteiger partial charge < -0.3 is 4.74 Å². The lowest BCUT2D eigenvalue weighted by molar-refractivity contribution is -0.147. The molecule has 0 spiro atoms. The van der Waals surface area contributed by atoms with E-state index in [1.165, 1.54) is 6.08 Å². The van der Waals surface area contributed by atoms with Gasteiger partial charge in [0.2, 0.25) is 6.08 Å². The number of isocyanates is 1. The van der Waals surface area contributed by atoms with Crippen molar-refractivity contribution in [2.75, 3.05) is 0 Å². The molecule has 1 aromatic carbocycles. The van der Waals surface area contributed by atoms with Crippen LogP contribution in [-0.4, -0.2) is 18.1 Å². The van der Waals surface area contributed by atoms with Crippen LogP contribution in [0.15, 0.2) is 35.3 Å². The SMILES string of the molecule is CC(C)(C)C[C@H](N=C=O)C(=O)OCc1ccccc1. The highest BCUT2D eigenvalue weighted by molar-refractivity contribution is 5.77. The third-order valence-electron chi connectivity index (χ3n) is 2.51. The van der Waals surface area contributed by atoms with Crippen molar-refractivity contribution in [3.05, 3.63) is 35.9 Å². The zero-order valence-electron chi connectivity index (χ0n) is 11.6. The molecule has 0 aliphatic heterocycles. The van der Waals surface area contributed by atoms with Crippen LogP contribution in [0, 0.1) is 5.41 Å². The maximum absolute atomic E-state index is 11.9. The van der Waals surface area contributed by atoms with E-state index in [0.29, 0.717) is 6.42 Å². The smallest absolute Gasteiger partial charge is 0.332 e. The Kier molecular flexibility index (Phi) is 5.46. The van der Waals surface area contributed by atoms with Crippen molar-refractivity contribution in [1.29, 1.82) is 0 Å². The second-order valence-corrected chi connectivity index (χ2v) is 5.59. The minimum Gasteiger partial charge on any atom is -0.459 e. The standard InChI is InChI=1S/C15H19NO3/c1-15(2,3)9-13(16-11-17)14(18)19-10-12-7-5-4-6-8-12/h4-8,13H,9-10H2,1-3H3/t13-/m0/s1. The Morgan fingerprint density at radius 3 is 2.47 bits per heavy atom. The Morgan fingerprint density at radius 2 is 1.95 bits per heavy atom. The summed E-state index contributed by atoms with van der Waals surface area (Å²) >= 11 is 0. The van der Waals surface area contributed by atoms with Crippen LogP contribution >= 0.6 is 0 Å². The zero-order valence-corrected chi connectivity index (χ0v) is 11.6. The first-order chi connectivity index (χ1) is 8.92. The number of hydrogen-bond acceptors (Lipinski definition) is 4. The van der Waals surface area contributed by atoms with Gasteiger partial charge >= 0.3 is 5.97 Å². The third-order valence-corrected chi connectivity index (χ3v) is 2.51. The predicted octanol–water partition coefficient (Wildman–Crippen LogP) is 2.87. The number of hydrogen-bond donors (Lipinski definition) is 0. The van der Waals surface area contributed by atoms with Crippen LogP contribution in [0.25, 0.3) is 0 Å². The molecule has 4 nitrogen and oxygen atoms in total. The molecule has 0 saturated heterocycles. The van der Waals surface area contributed by atoms with E-state index in [-0.39, 0.29) is 12.0 Å². The topological polar surface area (TPSA) is 55.7 Å². The molecule has 0 saturated carbocycles. The lowest BCUT2D eigenvalue weighted by Gasteiger charge is -2.21. The van der Waals surface area contributed by atoms with Gasteiger partial charge in [0.05, 0.1) is 0 Å². The summed E-state index contributed by atoms with van der Waals surface area (Å²) in [5, 5.41) is 0. The Hall–Kier alpha value is -1.93. The first-order valence-electron chi connectivity index (χ1n) is 6.20. The number of nitrogens with zero attached hydrogens (tertiary/aromatic N) is 1. The minimum absolute atomic E-state index is 0.114. The molecule has 1 atom stereocenters. The van der Waals surface area contributed by atoms with E-state index >= 15 is 0 Å². The number of esters is 1. The van der Waals surface area contributed by atoms with Crippen molar-refractivity contribution in [3.8, 4) is 0 Å². The Balaban J connectivity index is 2.60. The van der Waals surface area contributed by atoms with Crippen LogP contribution in [0.5, 0.6) is 0 Å². The average Bonchev–Trinajstić information content (AvgIpc) is 2.35. The van der Waals surface area contributed by atoms with E-state index in [1.54, 1.807) is 0 Å². The molecule has 0 fully saturated rings. The van der Waals surface area contributed by atoms with Gasteiger partial charge in [0.25, 0.3) is 0 Å². The van der Waals surface area contributed by atoms with Gasteiger partial charge in [-0.1, -0.05) is 51.1 Å². The summed E-state index contributed by atoms with van der Waals surface area (Å²) < 4.78 is 5.18. The van der Waals surface area contributed by atoms with Crippen molar-refractivity contribution in [2.45, 2.75) is 39.8 Å². The molecule has 0 N–H and O–H groups in total. The summed E-state index contributed by atoms with van der Waals surface area (Å²) in [6.45, 7) is 6.12. The molecule has 102 valence electrons. The lowest BCUT2D eigenvalue weighted by atomic mass is 9.88. The van der Waals surface area contributed by atoms with E-state index in [2.05, 4.69) is 4.99 Å². The molecule has 19 heavy (non-hydrogen) atoms. The van der Waals surface area contributed by atoms with Crippen LogP contribution in [0.1, 0.15) is 32.8 Å². The first kappa shape index (κ1) is 15.1. The highest BCUT2D eigenvalue weighted by Crippen LogP contribution is 2.23. The fraction of sp³-hybridized carbons (Fsp3) is 0.467. The molecular weight excluding hydrogens is 242 g/mol. The fourth-order valence-electron chi connectivity index (χ4n) is 1.65. The van der Waals surface area contributed by atoms with E-state index in [0.717, 1.165) is 5.56 Å². The van der Waals surface area contributed by atoms with E-state index in [9.17, 15) is 9.59 Å². The van der Waals surface area contributed by atoms with Crippen LogP contribution in [0.3, 0.4) is 0 Å². The quantitative estimate of drug-likeness (QED) is 0.465. The molecule has 0 amide bonds. The Labute approximate surface area is 113 Å². The summed E-state index contributed by atoms with van der Waals surface area (Å²) in [4.78, 5) is 25.8. The largest absolute Gasteiger partial charge is 0.459 e. The van der Waals surface area contributed by atoms with E-state index in [1.807, 2.05) is 51.1 Å². The van der Waals surface area contributed by atoms with E-state index < -0.39 is 12.0 Å². The van der Waals surface area contributed by atoms with Crippen molar-refractivity contribution in [2.24, 2.45) is 10.4 Å². The van der Waals surface area contributed by atoms with Crippen molar-refractivity contribution in [3.63, 3.8) is 0 Å². The van der Waals surface area contributed by atoms with Gasteiger partial charge in [-0.25, -0.2) is 9.59 Å². The number of carbonyl (C=O) groups excluding carboxylic acids is 2. The summed E-state index contributed by atoms with van der Waals surface area (Å²) in [6.07, 6.45) is 1.90. The van der Waals surface area contributed by atoms with Crippen LogP contribution < -0.4 is 0 Å². The molecule has 4 heteroatoms. The van der Waals surface area contributed by atoms with E-state index in [4.69, 9.17) is 4.74 Å². The van der Waals surface area contributed by atoms with Gasteiger partial charge in [0.15, 0.2) is 6.04 Å². The molecule has 0 aromatic heterocycles. The maximum atomic E-state index is 11.9. The Morgan fingerprint density at radius 1 is 1.32 bits per heavy atom. The summed E-state index contributed by atoms with van der Waals surface area (Å²) in [5.41, 5.74) is 0.789. The number of carbonyl (C=O) groups is 1. The van der Waals surface area contributed by atoms with Crippen molar-refractivity contribution >= 4 is 12.0 Å². The minimum atomic E-state index is -0.777. The van der Waals surface area contributed by atoms with Gasteiger partial charge in [-0.3, -0.25) is 0 Å². The number of aliphatic imine (C=N–C) groups is 1. The van der Waals surface area contributed by atoms with Gasteiger partial charge in [-0.05, 0) is 17.4 Å². The molecule has 0 unspecified atom stereocenters. The molecule has 0 radical (unpaired) electrons. The Bertz CT molecular complexity index is 456. The number of ether oxygens (including phenoxy) is 1. The molecule has 0 aliphatic rings. The molecule has 1 rings (SSSR count). The lowest BCUT2D eigenvalue weighted by Crippen LogP contribution is -2.26. The molecular formula is C15H19NO3. The van der Waals surface area contributed by atoms with Gasteiger partial charge in [0.1, 0.15) is 6.61 Å². The summed E-state index contributed by atoms with van der Waals surface area (Å²) in [7, 11) is 0. The highest BCUT2D eigenvalue weighted by atomic mass is 16.5. The second kappa shape index (κ2) is 6.86. The summed E-state index contributed by atoms with van der Waals surface area (Å²) in [5.74, 6) is -0.484. The van der Waals surface area contributed by atoms with Crippen LogP contribution in [-0.2, 0) is 20.9 Å². The summed E-state index contributed by atoms with van der Waals surface area (Å²) in [6, 6.07) is 8.61. The molecule has 0 aliphatic carbocycles. The van der Waals surface area contributed by atoms with Gasteiger partial charge in [0, 0.05) is 0 Å². The molecule has 1 aromatic rings. The van der Waals surface area contributed by atoms with Gasteiger partial charge in [-0.15, -0.1) is 0 Å². The molecule has 0 heterocycles. The first-order valence-corrected chi connectivity index (χ1v) is 6.20.